The van der Waals surface area contributed by atoms with Gasteiger partial charge in [-0.25, -0.2) is 9.18 Å². The molecule has 1 N–H and O–H groups in total. The molecule has 1 unspecified atom stereocenters. The smallest absolute Gasteiger partial charge is 0.407 e. The van der Waals surface area contributed by atoms with Crippen molar-refractivity contribution in [2.45, 2.75) is 65.6 Å². The predicted molar refractivity (Wildman–Crippen MR) is 156 cm³/mol. The van der Waals surface area contributed by atoms with Crippen LogP contribution in [-0.4, -0.2) is 50.3 Å². The Morgan fingerprint density at radius 3 is 2.55 bits per heavy atom. The monoisotopic (exact) mass is 577 g/mol. The number of aromatic nitrogens is 3. The number of benzene rings is 2. The average molecular weight is 578 g/mol. The second-order valence-electron chi connectivity index (χ2n) is 11.0. The summed E-state index contributed by atoms with van der Waals surface area (Å²) in [6, 6.07) is 14.2. The van der Waals surface area contributed by atoms with Gasteiger partial charge in [0.2, 0.25) is 0 Å². The number of ether oxygens (including phenoxy) is 1. The first kappa shape index (κ1) is 30.4. The lowest BCUT2D eigenvalue weighted by Crippen LogP contribution is -2.41. The van der Waals surface area contributed by atoms with Gasteiger partial charge in [0, 0.05) is 18.7 Å². The number of hydrogen-bond acceptors (Lipinski definition) is 7. The standard InChI is InChI=1S/C31H36FN5O5/c1-6-24(26-34-27-25(20(2)35-42-27)29(39)37(26)19-21-12-8-7-9-13-21)36(28(38)22-14-10-15-23(32)18-22)17-11-16-33-30(40)41-31(3,4)5/h7-10,12-15,18,24H,6,11,16-17,19H2,1-5H3,(H,33,40). The Hall–Kier alpha value is -4.54. The van der Waals surface area contributed by atoms with Crippen molar-refractivity contribution < 1.29 is 23.2 Å². The average Bonchev–Trinajstić information content (AvgIpc) is 3.31. The number of fused-ring (bicyclic) bond motifs is 1. The Morgan fingerprint density at radius 1 is 1.14 bits per heavy atom. The summed E-state index contributed by atoms with van der Waals surface area (Å²) < 4.78 is 26.4. The molecule has 1 atom stereocenters. The molecule has 0 aliphatic rings. The third-order valence-electron chi connectivity index (χ3n) is 6.62. The summed E-state index contributed by atoms with van der Waals surface area (Å²) in [5.41, 5.74) is 0.547. The summed E-state index contributed by atoms with van der Waals surface area (Å²) in [5.74, 6) is -0.661. The fraction of sp³-hybridized carbons (Fsp3) is 0.387. The van der Waals surface area contributed by atoms with Crippen LogP contribution in [0.25, 0.3) is 11.1 Å². The minimum atomic E-state index is -0.687. The number of nitrogens with one attached hydrogen (secondary N) is 1. The zero-order valence-corrected chi connectivity index (χ0v) is 24.5. The molecule has 0 spiro atoms. The molecule has 10 nitrogen and oxygen atoms in total. The highest BCUT2D eigenvalue weighted by atomic mass is 19.1. The van der Waals surface area contributed by atoms with Gasteiger partial charge in [-0.2, -0.15) is 4.98 Å². The maximum atomic E-state index is 14.2. The lowest BCUT2D eigenvalue weighted by atomic mass is 10.1. The van der Waals surface area contributed by atoms with E-state index in [-0.39, 0.29) is 41.9 Å². The van der Waals surface area contributed by atoms with E-state index >= 15 is 0 Å². The maximum absolute atomic E-state index is 14.2. The van der Waals surface area contributed by atoms with E-state index in [0.717, 1.165) is 5.56 Å². The van der Waals surface area contributed by atoms with E-state index in [1.165, 1.54) is 24.3 Å². The number of aryl methyl sites for hydroxylation is 1. The van der Waals surface area contributed by atoms with Gasteiger partial charge in [-0.15, -0.1) is 0 Å². The third-order valence-corrected chi connectivity index (χ3v) is 6.62. The summed E-state index contributed by atoms with van der Waals surface area (Å²) in [7, 11) is 0. The molecule has 2 aromatic carbocycles. The number of halogens is 1. The molecule has 11 heteroatoms. The second kappa shape index (κ2) is 13.0. The van der Waals surface area contributed by atoms with E-state index in [1.54, 1.807) is 37.2 Å². The minimum absolute atomic E-state index is 0.0833. The van der Waals surface area contributed by atoms with E-state index in [9.17, 15) is 18.8 Å². The molecule has 42 heavy (non-hydrogen) atoms. The summed E-state index contributed by atoms with van der Waals surface area (Å²) >= 11 is 0. The SMILES string of the molecule is CCC(c1nc2onc(C)c2c(=O)n1Cc1ccccc1)N(CCCNC(=O)OC(C)(C)C)C(=O)c1cccc(F)c1. The van der Waals surface area contributed by atoms with Gasteiger partial charge in [-0.3, -0.25) is 14.2 Å². The third kappa shape index (κ3) is 7.20. The van der Waals surface area contributed by atoms with E-state index in [2.05, 4.69) is 10.5 Å². The van der Waals surface area contributed by atoms with E-state index in [0.29, 0.717) is 24.4 Å². The Balaban J connectivity index is 1.74. The molecule has 0 aliphatic heterocycles. The van der Waals surface area contributed by atoms with Gasteiger partial charge in [0.05, 0.1) is 18.3 Å². The van der Waals surface area contributed by atoms with Crippen LogP contribution < -0.4 is 10.9 Å². The van der Waals surface area contributed by atoms with Crippen LogP contribution in [0.5, 0.6) is 0 Å². The van der Waals surface area contributed by atoms with Crippen LogP contribution >= 0.6 is 0 Å². The van der Waals surface area contributed by atoms with Crippen LogP contribution in [0.1, 0.15) is 74.0 Å². The number of carbonyl (C=O) groups is 2. The van der Waals surface area contributed by atoms with Gasteiger partial charge in [0.25, 0.3) is 17.2 Å². The van der Waals surface area contributed by atoms with Crippen LogP contribution in [0.2, 0.25) is 0 Å². The highest BCUT2D eigenvalue weighted by molar-refractivity contribution is 5.94. The van der Waals surface area contributed by atoms with Gasteiger partial charge in [0.1, 0.15) is 22.6 Å². The van der Waals surface area contributed by atoms with Gasteiger partial charge in [-0.1, -0.05) is 48.5 Å². The number of nitrogens with zero attached hydrogens (tertiary/aromatic N) is 4. The normalized spacial score (nSPS) is 12.2. The molecular weight excluding hydrogens is 541 g/mol. The zero-order valence-electron chi connectivity index (χ0n) is 24.5. The summed E-state index contributed by atoms with van der Waals surface area (Å²) in [6.07, 6.45) is 0.186. The van der Waals surface area contributed by atoms with Crippen molar-refractivity contribution in [1.82, 2.24) is 24.9 Å². The molecule has 4 rings (SSSR count). The van der Waals surface area contributed by atoms with Crippen LogP contribution in [0.4, 0.5) is 9.18 Å². The first-order chi connectivity index (χ1) is 20.0. The highest BCUT2D eigenvalue weighted by Gasteiger charge is 2.30. The highest BCUT2D eigenvalue weighted by Crippen LogP contribution is 2.27. The van der Waals surface area contributed by atoms with E-state index < -0.39 is 29.5 Å². The van der Waals surface area contributed by atoms with Crippen LogP contribution in [0.3, 0.4) is 0 Å². The van der Waals surface area contributed by atoms with Crippen molar-refractivity contribution in [2.75, 3.05) is 13.1 Å². The summed E-state index contributed by atoms with van der Waals surface area (Å²) in [5, 5.41) is 6.92. The fourth-order valence-corrected chi connectivity index (χ4v) is 4.74. The first-order valence-electron chi connectivity index (χ1n) is 13.9. The molecule has 4 aromatic rings. The van der Waals surface area contributed by atoms with Crippen molar-refractivity contribution >= 4 is 23.1 Å². The fourth-order valence-electron chi connectivity index (χ4n) is 4.74. The molecule has 2 heterocycles. The second-order valence-corrected chi connectivity index (χ2v) is 11.0. The van der Waals surface area contributed by atoms with Crippen molar-refractivity contribution in [3.05, 3.63) is 93.4 Å². The van der Waals surface area contributed by atoms with Crippen molar-refractivity contribution in [3.8, 4) is 0 Å². The van der Waals surface area contributed by atoms with Crippen molar-refractivity contribution in [3.63, 3.8) is 0 Å². The predicted octanol–water partition coefficient (Wildman–Crippen LogP) is 5.39. The Kier molecular flexibility index (Phi) is 9.39. The Bertz CT molecular complexity index is 1610. The number of alkyl carbamates (subject to hydrolysis) is 1. The molecule has 0 saturated heterocycles. The van der Waals surface area contributed by atoms with E-state index in [1.807, 2.05) is 37.3 Å². The number of rotatable bonds is 10. The topological polar surface area (TPSA) is 120 Å². The molecule has 0 radical (unpaired) electrons. The molecule has 0 bridgehead atoms. The van der Waals surface area contributed by atoms with Gasteiger partial charge in [0.15, 0.2) is 0 Å². The number of hydrogen-bond donors (Lipinski definition) is 1. The van der Waals surface area contributed by atoms with Crippen LogP contribution in [-0.2, 0) is 11.3 Å². The molecular formula is C31H36FN5O5. The van der Waals surface area contributed by atoms with Crippen LogP contribution in [0, 0.1) is 12.7 Å². The molecule has 2 aromatic heterocycles. The molecule has 0 fully saturated rings. The van der Waals surface area contributed by atoms with Gasteiger partial charge < -0.3 is 19.5 Å². The first-order valence-corrected chi connectivity index (χ1v) is 13.9. The zero-order chi connectivity index (χ0) is 30.4. The summed E-state index contributed by atoms with van der Waals surface area (Å²) in [4.78, 5) is 46.2. The molecule has 0 saturated carbocycles. The lowest BCUT2D eigenvalue weighted by molar-refractivity contribution is 0.0523. The van der Waals surface area contributed by atoms with Gasteiger partial charge in [-0.05, 0) is 64.3 Å². The lowest BCUT2D eigenvalue weighted by Gasteiger charge is -2.32. The van der Waals surface area contributed by atoms with Crippen molar-refractivity contribution in [1.29, 1.82) is 0 Å². The minimum Gasteiger partial charge on any atom is -0.444 e. The van der Waals surface area contributed by atoms with Crippen molar-refractivity contribution in [2.24, 2.45) is 0 Å². The molecule has 0 aliphatic carbocycles. The Labute approximate surface area is 243 Å². The van der Waals surface area contributed by atoms with E-state index in [4.69, 9.17) is 14.2 Å². The molecule has 2 amide bonds. The Morgan fingerprint density at radius 2 is 1.88 bits per heavy atom. The summed E-state index contributed by atoms with van der Waals surface area (Å²) in [6.45, 7) is 9.48. The van der Waals surface area contributed by atoms with Crippen LogP contribution in [0.15, 0.2) is 63.9 Å². The quantitative estimate of drug-likeness (QED) is 0.251. The largest absolute Gasteiger partial charge is 0.444 e. The van der Waals surface area contributed by atoms with Gasteiger partial charge >= 0.3 is 6.09 Å². The number of carbonyl (C=O) groups excluding carboxylic acids is 2. The molecule has 222 valence electrons. The number of amides is 2. The maximum Gasteiger partial charge on any atom is 0.407 e.